The number of hydrogen-bond donors (Lipinski definition) is 3. The van der Waals surface area contributed by atoms with Crippen LogP contribution in [0.25, 0.3) is 11.1 Å². The number of anilines is 2. The van der Waals surface area contributed by atoms with Crippen molar-refractivity contribution in [3.05, 3.63) is 106 Å². The van der Waals surface area contributed by atoms with Gasteiger partial charge >= 0.3 is 0 Å². The number of ether oxygens (including phenoxy) is 1. The lowest BCUT2D eigenvalue weighted by Crippen LogP contribution is -2.37. The van der Waals surface area contributed by atoms with Crippen molar-refractivity contribution >= 4 is 34.9 Å². The Kier molecular flexibility index (Phi) is 9.28. The number of pyridine rings is 2. The lowest BCUT2D eigenvalue weighted by Gasteiger charge is -2.26. The monoisotopic (exact) mass is 587 g/mol. The minimum Gasteiger partial charge on any atom is -0.506 e. The second-order valence-corrected chi connectivity index (χ2v) is 10.2. The summed E-state index contributed by atoms with van der Waals surface area (Å²) >= 11 is 5.85. The van der Waals surface area contributed by atoms with Crippen molar-refractivity contribution in [3.63, 3.8) is 0 Å². The van der Waals surface area contributed by atoms with E-state index < -0.39 is 11.8 Å². The molecule has 0 atom stereocenters. The number of aryl methyl sites for hydroxylation is 1. The molecule has 1 saturated heterocycles. The van der Waals surface area contributed by atoms with E-state index in [1.54, 1.807) is 47.2 Å². The van der Waals surface area contributed by atoms with Crippen LogP contribution >= 0.6 is 11.6 Å². The summed E-state index contributed by atoms with van der Waals surface area (Å²) in [6.07, 6.45) is 4.03. The minimum absolute atomic E-state index is 0.0407. The molecule has 1 aliphatic heterocycles. The number of hydrogen-bond acceptors (Lipinski definition) is 7. The van der Waals surface area contributed by atoms with Crippen LogP contribution in [0.4, 0.5) is 11.5 Å². The first-order valence-electron chi connectivity index (χ1n) is 13.6. The molecule has 216 valence electrons. The molecular formula is C31H30ClN5O5. The average Bonchev–Trinajstić information content (AvgIpc) is 3.01. The molecule has 3 heterocycles. The fraction of sp³-hybridized carbons (Fsp3) is 0.226. The molecule has 0 bridgehead atoms. The Morgan fingerprint density at radius 2 is 1.71 bits per heavy atom. The predicted octanol–water partition coefficient (Wildman–Crippen LogP) is 4.50. The van der Waals surface area contributed by atoms with Gasteiger partial charge in [0.25, 0.3) is 17.4 Å². The molecule has 0 saturated carbocycles. The second kappa shape index (κ2) is 13.4. The van der Waals surface area contributed by atoms with Gasteiger partial charge in [0.1, 0.15) is 11.6 Å². The van der Waals surface area contributed by atoms with Crippen LogP contribution in [0, 0.1) is 0 Å². The number of nitrogens with zero attached hydrogens (tertiary/aromatic N) is 3. The first-order chi connectivity index (χ1) is 20.4. The number of para-hydroxylation sites is 1. The zero-order chi connectivity index (χ0) is 29.5. The van der Waals surface area contributed by atoms with Crippen LogP contribution in [-0.4, -0.2) is 64.2 Å². The molecule has 10 nitrogen and oxygen atoms in total. The van der Waals surface area contributed by atoms with Crippen LogP contribution in [0.15, 0.2) is 83.9 Å². The van der Waals surface area contributed by atoms with Crippen molar-refractivity contribution in [1.82, 2.24) is 14.5 Å². The molecule has 0 unspecified atom stereocenters. The van der Waals surface area contributed by atoms with Gasteiger partial charge < -0.3 is 25.0 Å². The number of phenolic OH excluding ortho intramolecular Hbond substituents is 1. The highest BCUT2D eigenvalue weighted by atomic mass is 35.5. The number of morpholine rings is 1. The van der Waals surface area contributed by atoms with Gasteiger partial charge in [0.15, 0.2) is 0 Å². The third-order valence-corrected chi connectivity index (χ3v) is 7.17. The fourth-order valence-corrected chi connectivity index (χ4v) is 4.81. The summed E-state index contributed by atoms with van der Waals surface area (Å²) in [4.78, 5) is 45.6. The fourth-order valence-electron chi connectivity index (χ4n) is 4.70. The molecule has 5 rings (SSSR count). The summed E-state index contributed by atoms with van der Waals surface area (Å²) in [6.45, 7) is 4.82. The first-order valence-corrected chi connectivity index (χ1v) is 13.9. The quantitative estimate of drug-likeness (QED) is 0.246. The van der Waals surface area contributed by atoms with E-state index in [1.165, 1.54) is 30.5 Å². The lowest BCUT2D eigenvalue weighted by molar-refractivity contribution is 0.0369. The highest BCUT2D eigenvalue weighted by Gasteiger charge is 2.19. The van der Waals surface area contributed by atoms with E-state index in [9.17, 15) is 19.5 Å². The van der Waals surface area contributed by atoms with Crippen LogP contribution in [0.2, 0.25) is 5.02 Å². The molecular weight excluding hydrogens is 558 g/mol. The van der Waals surface area contributed by atoms with Gasteiger partial charge in [-0.05, 0) is 60.5 Å². The van der Waals surface area contributed by atoms with Crippen LogP contribution in [0.3, 0.4) is 0 Å². The Morgan fingerprint density at radius 1 is 0.929 bits per heavy atom. The highest BCUT2D eigenvalue weighted by Crippen LogP contribution is 2.29. The van der Waals surface area contributed by atoms with Gasteiger partial charge in [0, 0.05) is 49.7 Å². The maximum atomic E-state index is 13.2. The van der Waals surface area contributed by atoms with E-state index in [0.29, 0.717) is 22.7 Å². The molecule has 0 spiro atoms. The summed E-state index contributed by atoms with van der Waals surface area (Å²) in [5.74, 6) is -1.11. The zero-order valence-electron chi connectivity index (χ0n) is 22.8. The SMILES string of the molecule is O=C(Nc1c(O)cccc1C(=O)Nc1ccc(Cl)cn1)c1ccc(-c2cccn(CCCN3CCOCC3)c2=O)cc1. The van der Waals surface area contributed by atoms with Crippen molar-refractivity contribution in [2.45, 2.75) is 13.0 Å². The number of carbonyl (C=O) groups excluding carboxylic acids is 2. The minimum atomic E-state index is -0.573. The van der Waals surface area contributed by atoms with Gasteiger partial charge in [-0.1, -0.05) is 29.8 Å². The number of amides is 2. The number of nitrogens with one attached hydrogen (secondary N) is 2. The molecule has 4 aromatic rings. The summed E-state index contributed by atoms with van der Waals surface area (Å²) in [5, 5.41) is 16.1. The van der Waals surface area contributed by atoms with E-state index in [-0.39, 0.29) is 33.9 Å². The van der Waals surface area contributed by atoms with E-state index in [4.69, 9.17) is 16.3 Å². The molecule has 1 fully saturated rings. The Balaban J connectivity index is 1.26. The second-order valence-electron chi connectivity index (χ2n) is 9.77. The number of carbonyl (C=O) groups is 2. The zero-order valence-corrected chi connectivity index (χ0v) is 23.5. The maximum absolute atomic E-state index is 13.2. The summed E-state index contributed by atoms with van der Waals surface area (Å²) in [6, 6.07) is 17.7. The van der Waals surface area contributed by atoms with Crippen molar-refractivity contribution in [1.29, 1.82) is 0 Å². The maximum Gasteiger partial charge on any atom is 0.259 e. The van der Waals surface area contributed by atoms with E-state index in [0.717, 1.165) is 39.3 Å². The van der Waals surface area contributed by atoms with Crippen molar-refractivity contribution in [2.24, 2.45) is 0 Å². The summed E-state index contributed by atoms with van der Waals surface area (Å²) in [5.41, 5.74) is 1.41. The first kappa shape index (κ1) is 29.0. The molecule has 2 amide bonds. The highest BCUT2D eigenvalue weighted by molar-refractivity contribution is 6.30. The van der Waals surface area contributed by atoms with E-state index in [2.05, 4.69) is 20.5 Å². The Bertz CT molecular complexity index is 1620. The number of benzene rings is 2. The van der Waals surface area contributed by atoms with Gasteiger partial charge in [-0.15, -0.1) is 0 Å². The molecule has 1 aliphatic rings. The predicted molar refractivity (Wildman–Crippen MR) is 161 cm³/mol. The topological polar surface area (TPSA) is 126 Å². The number of halogens is 1. The standard InChI is InChI=1S/C31H30ClN5O5/c32-23-11-12-27(33-20-23)34-30(40)25-4-1-6-26(38)28(25)35-29(39)22-9-7-21(8-10-22)24-5-2-14-37(31(24)41)15-3-13-36-16-18-42-19-17-36/h1-2,4-12,14,20,38H,3,13,15-19H2,(H,35,39)(H,33,34,40). The number of aromatic hydroxyl groups is 1. The van der Waals surface area contributed by atoms with Crippen LogP contribution < -0.4 is 16.2 Å². The third kappa shape index (κ3) is 7.03. The molecule has 11 heteroatoms. The molecule has 2 aromatic carbocycles. The molecule has 0 radical (unpaired) electrons. The molecule has 0 aliphatic carbocycles. The Morgan fingerprint density at radius 3 is 2.45 bits per heavy atom. The molecule has 42 heavy (non-hydrogen) atoms. The van der Waals surface area contributed by atoms with Gasteiger partial charge in [-0.3, -0.25) is 19.3 Å². The number of rotatable bonds is 9. The summed E-state index contributed by atoms with van der Waals surface area (Å²) < 4.78 is 7.10. The van der Waals surface area contributed by atoms with Crippen LogP contribution in [0.1, 0.15) is 27.1 Å². The third-order valence-electron chi connectivity index (χ3n) is 6.95. The van der Waals surface area contributed by atoms with Gasteiger partial charge in [0.2, 0.25) is 0 Å². The van der Waals surface area contributed by atoms with E-state index in [1.807, 2.05) is 6.07 Å². The molecule has 2 aromatic heterocycles. The lowest BCUT2D eigenvalue weighted by atomic mass is 10.0. The van der Waals surface area contributed by atoms with Crippen LogP contribution in [-0.2, 0) is 11.3 Å². The van der Waals surface area contributed by atoms with E-state index >= 15 is 0 Å². The van der Waals surface area contributed by atoms with Gasteiger partial charge in [-0.2, -0.15) is 0 Å². The van der Waals surface area contributed by atoms with Crippen molar-refractivity contribution < 1.29 is 19.4 Å². The summed E-state index contributed by atoms with van der Waals surface area (Å²) in [7, 11) is 0. The Hall–Kier alpha value is -4.51. The average molecular weight is 588 g/mol. The van der Waals surface area contributed by atoms with Gasteiger partial charge in [-0.25, -0.2) is 4.98 Å². The number of phenols is 1. The normalized spacial score (nSPS) is 13.5. The molecule has 3 N–H and O–H groups in total. The number of aromatic nitrogens is 2. The van der Waals surface area contributed by atoms with Crippen molar-refractivity contribution in [3.8, 4) is 16.9 Å². The van der Waals surface area contributed by atoms with Crippen LogP contribution in [0.5, 0.6) is 5.75 Å². The Labute approximate surface area is 247 Å². The largest absolute Gasteiger partial charge is 0.506 e. The van der Waals surface area contributed by atoms with Crippen molar-refractivity contribution in [2.75, 3.05) is 43.5 Å². The van der Waals surface area contributed by atoms with Gasteiger partial charge in [0.05, 0.1) is 29.5 Å². The smallest absolute Gasteiger partial charge is 0.259 e.